The molecule has 110 valence electrons. The lowest BCUT2D eigenvalue weighted by atomic mass is 10.0. The summed E-state index contributed by atoms with van der Waals surface area (Å²) in [5, 5.41) is 9.04. The molecule has 0 saturated carbocycles. The zero-order valence-electron chi connectivity index (χ0n) is 12.4. The van der Waals surface area contributed by atoms with Crippen molar-refractivity contribution in [2.24, 2.45) is 0 Å². The van der Waals surface area contributed by atoms with Crippen molar-refractivity contribution in [2.75, 3.05) is 32.8 Å². The maximum absolute atomic E-state index is 12.4. The third kappa shape index (κ3) is 5.33. The second-order valence-electron chi connectivity index (χ2n) is 5.08. The number of aliphatic hydroxyl groups is 1. The Kier molecular flexibility index (Phi) is 7.75. The molecule has 4 heteroatoms. The molecule has 0 saturated heterocycles. The number of nitrogens with zero attached hydrogens (tertiary/aromatic N) is 2. The summed E-state index contributed by atoms with van der Waals surface area (Å²) in [5.41, 5.74) is 1.19. The molecule has 0 aromatic carbocycles. The highest BCUT2D eigenvalue weighted by Crippen LogP contribution is 2.21. The van der Waals surface area contributed by atoms with Gasteiger partial charge in [-0.25, -0.2) is 0 Å². The highest BCUT2D eigenvalue weighted by molar-refractivity contribution is 5.80. The Hall–Kier alpha value is -0.870. The maximum Gasteiger partial charge on any atom is 0.240 e. The van der Waals surface area contributed by atoms with Gasteiger partial charge < -0.3 is 10.0 Å². The Balaban J connectivity index is 2.59. The summed E-state index contributed by atoms with van der Waals surface area (Å²) in [6, 6.07) is 0. The van der Waals surface area contributed by atoms with Crippen molar-refractivity contribution in [3.63, 3.8) is 0 Å². The van der Waals surface area contributed by atoms with E-state index in [0.29, 0.717) is 13.1 Å². The van der Waals surface area contributed by atoms with Gasteiger partial charge in [0, 0.05) is 18.8 Å². The SMILES string of the molecule is CCCN(CCO)CC(=O)N(CC)C1=CCCCC1. The third-order valence-corrected chi connectivity index (χ3v) is 3.55. The van der Waals surface area contributed by atoms with E-state index in [1.165, 1.54) is 18.5 Å². The van der Waals surface area contributed by atoms with Crippen LogP contribution in [0.2, 0.25) is 0 Å². The van der Waals surface area contributed by atoms with Gasteiger partial charge in [0.1, 0.15) is 0 Å². The number of rotatable bonds is 8. The van der Waals surface area contributed by atoms with Gasteiger partial charge in [0.15, 0.2) is 0 Å². The molecule has 1 aliphatic carbocycles. The van der Waals surface area contributed by atoms with Crippen LogP contribution in [0.15, 0.2) is 11.8 Å². The van der Waals surface area contributed by atoms with E-state index in [4.69, 9.17) is 5.11 Å². The molecule has 0 heterocycles. The van der Waals surface area contributed by atoms with Gasteiger partial charge in [0.2, 0.25) is 5.91 Å². The fourth-order valence-electron chi connectivity index (χ4n) is 2.61. The molecule has 1 amide bonds. The van der Waals surface area contributed by atoms with E-state index in [2.05, 4.69) is 13.0 Å². The van der Waals surface area contributed by atoms with Crippen LogP contribution in [-0.4, -0.2) is 53.6 Å². The molecule has 0 fully saturated rings. The Morgan fingerprint density at radius 1 is 1.32 bits per heavy atom. The Morgan fingerprint density at radius 2 is 2.11 bits per heavy atom. The van der Waals surface area contributed by atoms with Gasteiger partial charge in [0.25, 0.3) is 0 Å². The lowest BCUT2D eigenvalue weighted by molar-refractivity contribution is -0.130. The van der Waals surface area contributed by atoms with E-state index in [-0.39, 0.29) is 12.5 Å². The van der Waals surface area contributed by atoms with E-state index in [0.717, 1.165) is 32.4 Å². The summed E-state index contributed by atoms with van der Waals surface area (Å²) >= 11 is 0. The quantitative estimate of drug-likeness (QED) is 0.732. The van der Waals surface area contributed by atoms with Crippen LogP contribution in [0.1, 0.15) is 46.0 Å². The lowest BCUT2D eigenvalue weighted by Crippen LogP contribution is -2.41. The zero-order chi connectivity index (χ0) is 14.1. The van der Waals surface area contributed by atoms with Crippen LogP contribution in [0.4, 0.5) is 0 Å². The molecular formula is C15H28N2O2. The van der Waals surface area contributed by atoms with Crippen molar-refractivity contribution >= 4 is 5.91 Å². The molecular weight excluding hydrogens is 240 g/mol. The second-order valence-corrected chi connectivity index (χ2v) is 5.08. The number of aliphatic hydroxyl groups excluding tert-OH is 1. The predicted octanol–water partition coefficient (Wildman–Crippen LogP) is 2.00. The Morgan fingerprint density at radius 3 is 2.63 bits per heavy atom. The van der Waals surface area contributed by atoms with Crippen LogP contribution in [0.3, 0.4) is 0 Å². The molecule has 1 N–H and O–H groups in total. The van der Waals surface area contributed by atoms with Crippen LogP contribution < -0.4 is 0 Å². The largest absolute Gasteiger partial charge is 0.395 e. The minimum Gasteiger partial charge on any atom is -0.395 e. The molecule has 0 radical (unpaired) electrons. The first-order valence-electron chi connectivity index (χ1n) is 7.55. The van der Waals surface area contributed by atoms with Gasteiger partial charge in [-0.15, -0.1) is 0 Å². The van der Waals surface area contributed by atoms with E-state index >= 15 is 0 Å². The topological polar surface area (TPSA) is 43.8 Å². The highest BCUT2D eigenvalue weighted by atomic mass is 16.3. The number of hydrogen-bond donors (Lipinski definition) is 1. The summed E-state index contributed by atoms with van der Waals surface area (Å²) in [4.78, 5) is 16.3. The monoisotopic (exact) mass is 268 g/mol. The summed E-state index contributed by atoms with van der Waals surface area (Å²) < 4.78 is 0. The summed E-state index contributed by atoms with van der Waals surface area (Å²) in [7, 11) is 0. The van der Waals surface area contributed by atoms with E-state index in [1.54, 1.807) is 0 Å². The van der Waals surface area contributed by atoms with Crippen LogP contribution in [0, 0.1) is 0 Å². The first-order valence-corrected chi connectivity index (χ1v) is 7.55. The van der Waals surface area contributed by atoms with Gasteiger partial charge in [-0.3, -0.25) is 9.69 Å². The van der Waals surface area contributed by atoms with Crippen LogP contribution in [0.5, 0.6) is 0 Å². The summed E-state index contributed by atoms with van der Waals surface area (Å²) in [5.74, 6) is 0.164. The molecule has 4 nitrogen and oxygen atoms in total. The third-order valence-electron chi connectivity index (χ3n) is 3.55. The fourth-order valence-corrected chi connectivity index (χ4v) is 2.61. The number of hydrogen-bond acceptors (Lipinski definition) is 3. The zero-order valence-corrected chi connectivity index (χ0v) is 12.4. The average Bonchev–Trinajstić information content (AvgIpc) is 2.41. The van der Waals surface area contributed by atoms with E-state index in [1.807, 2.05) is 16.7 Å². The molecule has 0 spiro atoms. The molecule has 1 rings (SSSR count). The first kappa shape index (κ1) is 16.2. The highest BCUT2D eigenvalue weighted by Gasteiger charge is 2.19. The van der Waals surface area contributed by atoms with Crippen molar-refractivity contribution in [1.82, 2.24) is 9.80 Å². The lowest BCUT2D eigenvalue weighted by Gasteiger charge is -2.29. The molecule has 19 heavy (non-hydrogen) atoms. The van der Waals surface area contributed by atoms with Gasteiger partial charge in [0.05, 0.1) is 13.2 Å². The standard InChI is InChI=1S/C15H28N2O2/c1-3-10-16(11-12-18)13-15(19)17(4-2)14-8-6-5-7-9-14/h8,18H,3-7,9-13H2,1-2H3. The molecule has 0 aliphatic heterocycles. The van der Waals surface area contributed by atoms with Crippen molar-refractivity contribution in [1.29, 1.82) is 0 Å². The second kappa shape index (κ2) is 9.10. The number of allylic oxidation sites excluding steroid dienone is 2. The fraction of sp³-hybridized carbons (Fsp3) is 0.800. The number of amides is 1. The molecule has 0 bridgehead atoms. The first-order chi connectivity index (χ1) is 9.22. The van der Waals surface area contributed by atoms with Crippen LogP contribution in [0.25, 0.3) is 0 Å². The van der Waals surface area contributed by atoms with Crippen molar-refractivity contribution < 1.29 is 9.90 Å². The average molecular weight is 268 g/mol. The Labute approximate surface area is 117 Å². The molecule has 0 aromatic rings. The molecule has 0 aromatic heterocycles. The van der Waals surface area contributed by atoms with Crippen molar-refractivity contribution in [3.8, 4) is 0 Å². The van der Waals surface area contributed by atoms with Gasteiger partial charge >= 0.3 is 0 Å². The van der Waals surface area contributed by atoms with Gasteiger partial charge in [-0.1, -0.05) is 13.0 Å². The van der Waals surface area contributed by atoms with E-state index < -0.39 is 0 Å². The van der Waals surface area contributed by atoms with Crippen molar-refractivity contribution in [3.05, 3.63) is 11.8 Å². The maximum atomic E-state index is 12.4. The van der Waals surface area contributed by atoms with Gasteiger partial charge in [-0.05, 0) is 45.6 Å². The molecule has 1 aliphatic rings. The number of carbonyl (C=O) groups is 1. The van der Waals surface area contributed by atoms with Crippen LogP contribution in [-0.2, 0) is 4.79 Å². The molecule has 0 unspecified atom stereocenters. The minimum absolute atomic E-state index is 0.113. The van der Waals surface area contributed by atoms with Crippen LogP contribution >= 0.6 is 0 Å². The van der Waals surface area contributed by atoms with Crippen molar-refractivity contribution in [2.45, 2.75) is 46.0 Å². The smallest absolute Gasteiger partial charge is 0.240 e. The number of carbonyl (C=O) groups excluding carboxylic acids is 1. The predicted molar refractivity (Wildman–Crippen MR) is 77.8 cm³/mol. The van der Waals surface area contributed by atoms with E-state index in [9.17, 15) is 4.79 Å². The molecule has 0 atom stereocenters. The van der Waals surface area contributed by atoms with Gasteiger partial charge in [-0.2, -0.15) is 0 Å². The summed E-state index contributed by atoms with van der Waals surface area (Å²) in [6.45, 7) is 6.84. The number of likely N-dealkylation sites (N-methyl/N-ethyl adjacent to an activating group) is 1. The normalized spacial score (nSPS) is 15.5. The summed E-state index contributed by atoms with van der Waals surface area (Å²) in [6.07, 6.45) is 7.75. The minimum atomic E-state index is 0.113. The Bertz CT molecular complexity index is 297.